The van der Waals surface area contributed by atoms with Gasteiger partial charge in [0.2, 0.25) is 0 Å². The van der Waals surface area contributed by atoms with Crippen molar-refractivity contribution in [2.24, 2.45) is 5.92 Å². The van der Waals surface area contributed by atoms with Crippen LogP contribution in [-0.2, 0) is 6.42 Å². The van der Waals surface area contributed by atoms with Crippen molar-refractivity contribution in [1.29, 1.82) is 0 Å². The maximum Gasteiger partial charge on any atom is 0.255 e. The number of halogens is 1. The zero-order valence-corrected chi connectivity index (χ0v) is 13.3. The van der Waals surface area contributed by atoms with E-state index in [0.717, 1.165) is 32.4 Å². The summed E-state index contributed by atoms with van der Waals surface area (Å²) in [5, 5.41) is 0. The molecule has 0 aliphatic carbocycles. The minimum absolute atomic E-state index is 0. The number of nitrogens with zero attached hydrogens (tertiary/aromatic N) is 2. The van der Waals surface area contributed by atoms with Crippen LogP contribution in [0.15, 0.2) is 54.9 Å². The van der Waals surface area contributed by atoms with Gasteiger partial charge in [0.05, 0.1) is 5.56 Å². The van der Waals surface area contributed by atoms with E-state index in [1.54, 1.807) is 12.4 Å². The molecule has 1 saturated heterocycles. The van der Waals surface area contributed by atoms with Gasteiger partial charge in [0.15, 0.2) is 0 Å². The van der Waals surface area contributed by atoms with Crippen molar-refractivity contribution >= 4 is 18.3 Å². The maximum absolute atomic E-state index is 12.4. The largest absolute Gasteiger partial charge is 0.339 e. The molecule has 2 aromatic rings. The molecule has 0 radical (unpaired) electrons. The first-order valence-electron chi connectivity index (χ1n) is 7.56. The molecule has 1 aliphatic heterocycles. The molecule has 22 heavy (non-hydrogen) atoms. The van der Waals surface area contributed by atoms with E-state index >= 15 is 0 Å². The molecule has 4 heteroatoms. The summed E-state index contributed by atoms with van der Waals surface area (Å²) in [6, 6.07) is 14.3. The Labute approximate surface area is 137 Å². The van der Waals surface area contributed by atoms with Crippen LogP contribution in [0.1, 0.15) is 28.8 Å². The summed E-state index contributed by atoms with van der Waals surface area (Å²) < 4.78 is 0. The van der Waals surface area contributed by atoms with E-state index in [1.807, 2.05) is 17.0 Å². The summed E-state index contributed by atoms with van der Waals surface area (Å²) in [6.07, 6.45) is 6.64. The van der Waals surface area contributed by atoms with Crippen LogP contribution in [0.3, 0.4) is 0 Å². The van der Waals surface area contributed by atoms with Crippen LogP contribution >= 0.6 is 12.4 Å². The van der Waals surface area contributed by atoms with Gasteiger partial charge in [-0.2, -0.15) is 0 Å². The quantitative estimate of drug-likeness (QED) is 0.867. The lowest BCUT2D eigenvalue weighted by molar-refractivity contribution is 0.0690. The Morgan fingerprint density at radius 3 is 2.45 bits per heavy atom. The molecule has 0 bridgehead atoms. The molecule has 1 amide bonds. The summed E-state index contributed by atoms with van der Waals surface area (Å²) in [4.78, 5) is 18.3. The lowest BCUT2D eigenvalue weighted by atomic mass is 9.90. The van der Waals surface area contributed by atoms with Crippen molar-refractivity contribution in [2.45, 2.75) is 19.3 Å². The van der Waals surface area contributed by atoms with Crippen LogP contribution in [0.4, 0.5) is 0 Å². The van der Waals surface area contributed by atoms with Crippen molar-refractivity contribution in [1.82, 2.24) is 9.88 Å². The van der Waals surface area contributed by atoms with Gasteiger partial charge in [-0.05, 0) is 42.9 Å². The number of hydrogen-bond acceptors (Lipinski definition) is 2. The van der Waals surface area contributed by atoms with E-state index in [4.69, 9.17) is 0 Å². The van der Waals surface area contributed by atoms with Crippen LogP contribution in [0.25, 0.3) is 0 Å². The van der Waals surface area contributed by atoms with Gasteiger partial charge in [-0.3, -0.25) is 9.78 Å². The van der Waals surface area contributed by atoms with E-state index in [9.17, 15) is 4.79 Å². The Hall–Kier alpha value is -1.87. The predicted octanol–water partition coefficient (Wildman–Crippen LogP) is 3.60. The molecule has 3 nitrogen and oxygen atoms in total. The SMILES string of the molecule is Cl.O=C(c1cccnc1)N1CCC(Cc2ccccc2)CC1. The van der Waals surface area contributed by atoms with E-state index in [-0.39, 0.29) is 18.3 Å². The smallest absolute Gasteiger partial charge is 0.255 e. The number of pyridine rings is 1. The number of carbonyl (C=O) groups is 1. The Morgan fingerprint density at radius 2 is 1.82 bits per heavy atom. The molecule has 0 N–H and O–H groups in total. The Kier molecular flexibility index (Phi) is 5.96. The second-order valence-electron chi connectivity index (χ2n) is 5.67. The number of hydrogen-bond donors (Lipinski definition) is 0. The lowest BCUT2D eigenvalue weighted by Crippen LogP contribution is -2.38. The molecule has 1 fully saturated rings. The molecule has 1 aromatic heterocycles. The van der Waals surface area contributed by atoms with Crippen LogP contribution in [-0.4, -0.2) is 28.9 Å². The van der Waals surface area contributed by atoms with E-state index < -0.39 is 0 Å². The second-order valence-corrected chi connectivity index (χ2v) is 5.67. The van der Waals surface area contributed by atoms with E-state index in [2.05, 4.69) is 35.3 Å². The fourth-order valence-corrected chi connectivity index (χ4v) is 2.96. The number of rotatable bonds is 3. The number of aromatic nitrogens is 1. The van der Waals surface area contributed by atoms with E-state index in [0.29, 0.717) is 11.5 Å². The molecule has 1 aliphatic rings. The molecule has 2 heterocycles. The third-order valence-corrected chi connectivity index (χ3v) is 4.18. The molecule has 0 saturated carbocycles. The van der Waals surface area contributed by atoms with Crippen LogP contribution in [0, 0.1) is 5.92 Å². The lowest BCUT2D eigenvalue weighted by Gasteiger charge is -2.32. The molecule has 1 aromatic carbocycles. The average Bonchev–Trinajstić information content (AvgIpc) is 2.57. The highest BCUT2D eigenvalue weighted by Gasteiger charge is 2.23. The summed E-state index contributed by atoms with van der Waals surface area (Å²) >= 11 is 0. The third-order valence-electron chi connectivity index (χ3n) is 4.18. The zero-order chi connectivity index (χ0) is 14.5. The van der Waals surface area contributed by atoms with Gasteiger partial charge < -0.3 is 4.90 Å². The molecule has 116 valence electrons. The van der Waals surface area contributed by atoms with Crippen molar-refractivity contribution in [3.63, 3.8) is 0 Å². The molecule has 0 atom stereocenters. The number of carbonyl (C=O) groups excluding carboxylic acids is 1. The number of amides is 1. The highest BCUT2D eigenvalue weighted by Crippen LogP contribution is 2.22. The standard InChI is InChI=1S/C18H20N2O.ClH/c21-18(17-7-4-10-19-14-17)20-11-8-16(9-12-20)13-15-5-2-1-3-6-15;/h1-7,10,14,16H,8-9,11-13H2;1H. The second kappa shape index (κ2) is 7.95. The van der Waals surface area contributed by atoms with Crippen molar-refractivity contribution < 1.29 is 4.79 Å². The minimum Gasteiger partial charge on any atom is -0.339 e. The van der Waals surface area contributed by atoms with Crippen molar-refractivity contribution in [2.75, 3.05) is 13.1 Å². The Morgan fingerprint density at radius 1 is 1.09 bits per heavy atom. The Bertz CT molecular complexity index is 581. The average molecular weight is 317 g/mol. The number of piperidine rings is 1. The van der Waals surface area contributed by atoms with Gasteiger partial charge in [0, 0.05) is 25.5 Å². The van der Waals surface area contributed by atoms with Gasteiger partial charge in [0.1, 0.15) is 0 Å². The van der Waals surface area contributed by atoms with Crippen molar-refractivity contribution in [3.8, 4) is 0 Å². The first-order chi connectivity index (χ1) is 10.3. The van der Waals surface area contributed by atoms with Gasteiger partial charge >= 0.3 is 0 Å². The molecule has 0 unspecified atom stereocenters. The van der Waals surface area contributed by atoms with Gasteiger partial charge in [-0.25, -0.2) is 0 Å². The van der Waals surface area contributed by atoms with Gasteiger partial charge in [0.25, 0.3) is 5.91 Å². The highest BCUT2D eigenvalue weighted by molar-refractivity contribution is 5.93. The van der Waals surface area contributed by atoms with E-state index in [1.165, 1.54) is 5.56 Å². The predicted molar refractivity (Wildman–Crippen MR) is 90.3 cm³/mol. The fourth-order valence-electron chi connectivity index (χ4n) is 2.96. The van der Waals surface area contributed by atoms with Gasteiger partial charge in [-0.15, -0.1) is 12.4 Å². The van der Waals surface area contributed by atoms with Crippen molar-refractivity contribution in [3.05, 3.63) is 66.0 Å². The summed E-state index contributed by atoms with van der Waals surface area (Å²) in [6.45, 7) is 1.70. The summed E-state index contributed by atoms with van der Waals surface area (Å²) in [5.41, 5.74) is 2.09. The molecule has 3 rings (SSSR count). The topological polar surface area (TPSA) is 33.2 Å². The monoisotopic (exact) mass is 316 g/mol. The van der Waals surface area contributed by atoms with Gasteiger partial charge in [-0.1, -0.05) is 30.3 Å². The fraction of sp³-hybridized carbons (Fsp3) is 0.333. The summed E-state index contributed by atoms with van der Waals surface area (Å²) in [5.74, 6) is 0.798. The zero-order valence-electron chi connectivity index (χ0n) is 12.5. The normalized spacial score (nSPS) is 15.2. The number of benzene rings is 1. The maximum atomic E-state index is 12.4. The summed E-state index contributed by atoms with van der Waals surface area (Å²) in [7, 11) is 0. The Balaban J connectivity index is 0.00000176. The molecular formula is C18H21ClN2O. The molecular weight excluding hydrogens is 296 g/mol. The van der Waals surface area contributed by atoms with Crippen LogP contribution in [0.5, 0.6) is 0 Å². The van der Waals surface area contributed by atoms with Crippen LogP contribution in [0.2, 0.25) is 0 Å². The van der Waals surface area contributed by atoms with Crippen LogP contribution < -0.4 is 0 Å². The highest BCUT2D eigenvalue weighted by atomic mass is 35.5. The molecule has 0 spiro atoms. The third kappa shape index (κ3) is 4.08. The first kappa shape index (κ1) is 16.5. The number of likely N-dealkylation sites (tertiary alicyclic amines) is 1. The minimum atomic E-state index is 0. The first-order valence-corrected chi connectivity index (χ1v) is 7.56.